The molecule has 1 unspecified atom stereocenters. The number of pyridine rings is 2. The van der Waals surface area contributed by atoms with Gasteiger partial charge in [0.1, 0.15) is 6.54 Å². The highest BCUT2D eigenvalue weighted by molar-refractivity contribution is 6.03. The summed E-state index contributed by atoms with van der Waals surface area (Å²) in [7, 11) is 0. The molecule has 6 nitrogen and oxygen atoms in total. The van der Waals surface area contributed by atoms with Crippen LogP contribution in [0.1, 0.15) is 12.8 Å². The Morgan fingerprint density at radius 3 is 2.93 bits per heavy atom. The fourth-order valence-electron chi connectivity index (χ4n) is 3.63. The lowest BCUT2D eigenvalue weighted by Crippen LogP contribution is -2.45. The third-order valence-electron chi connectivity index (χ3n) is 4.85. The van der Waals surface area contributed by atoms with Crippen LogP contribution in [0.4, 0.5) is 18.9 Å². The predicted octanol–water partition coefficient (Wildman–Crippen LogP) is 2.78. The number of piperidine rings is 1. The van der Waals surface area contributed by atoms with Crippen LogP contribution in [-0.2, 0) is 4.79 Å². The van der Waals surface area contributed by atoms with E-state index in [-0.39, 0.29) is 0 Å². The zero-order chi connectivity index (χ0) is 19.0. The number of anilines is 1. The van der Waals surface area contributed by atoms with Gasteiger partial charge in [-0.2, -0.15) is 18.3 Å². The van der Waals surface area contributed by atoms with Gasteiger partial charge in [0.05, 0.1) is 23.1 Å². The molecule has 0 aromatic carbocycles. The third kappa shape index (κ3) is 3.54. The molecule has 0 spiro atoms. The van der Waals surface area contributed by atoms with E-state index in [1.165, 1.54) is 0 Å². The Morgan fingerprint density at radius 2 is 2.11 bits per heavy atom. The summed E-state index contributed by atoms with van der Waals surface area (Å²) in [6.07, 6.45) is 2.14. The van der Waals surface area contributed by atoms with Crippen molar-refractivity contribution in [3.8, 4) is 0 Å². The summed E-state index contributed by atoms with van der Waals surface area (Å²) in [5.41, 5.74) is 2.63. The van der Waals surface area contributed by atoms with Crippen molar-refractivity contribution in [2.75, 3.05) is 24.5 Å². The Morgan fingerprint density at radius 1 is 1.26 bits per heavy atom. The molecule has 0 aliphatic carbocycles. The predicted molar refractivity (Wildman–Crippen MR) is 94.5 cm³/mol. The summed E-state index contributed by atoms with van der Waals surface area (Å²) in [5.74, 6) is -1.03. The van der Waals surface area contributed by atoms with Gasteiger partial charge in [-0.25, -0.2) is 4.52 Å². The molecule has 0 radical (unpaired) electrons. The molecular weight excluding hydrogens is 359 g/mol. The van der Waals surface area contributed by atoms with Crippen molar-refractivity contribution in [1.29, 1.82) is 0 Å². The molecule has 0 bridgehead atoms. The molecule has 4 rings (SSSR count). The molecule has 1 N–H and O–H groups in total. The van der Waals surface area contributed by atoms with Gasteiger partial charge in [-0.1, -0.05) is 0 Å². The largest absolute Gasteiger partial charge is 0.405 e. The fraction of sp³-hybridized carbons (Fsp3) is 0.389. The Balaban J connectivity index is 1.62. The Hall–Kier alpha value is -2.84. The highest BCUT2D eigenvalue weighted by atomic mass is 19.4. The number of carbonyl (C=O) groups excluding carboxylic acids is 1. The number of hydrogen-bond acceptors (Lipinski definition) is 4. The maximum atomic E-state index is 12.4. The molecule has 27 heavy (non-hydrogen) atoms. The zero-order valence-electron chi connectivity index (χ0n) is 14.4. The number of hydrogen-bond donors (Lipinski definition) is 1. The first-order valence-corrected chi connectivity index (χ1v) is 8.73. The van der Waals surface area contributed by atoms with E-state index in [0.717, 1.165) is 35.1 Å². The second-order valence-corrected chi connectivity index (χ2v) is 6.69. The summed E-state index contributed by atoms with van der Waals surface area (Å²) in [6.45, 7) is -0.188. The van der Waals surface area contributed by atoms with Crippen LogP contribution in [-0.4, -0.2) is 46.3 Å². The zero-order valence-corrected chi connectivity index (χ0v) is 14.4. The van der Waals surface area contributed by atoms with E-state index in [1.54, 1.807) is 16.9 Å². The SMILES string of the molecule is O=C(NCC(F)(F)F)C1CCCN(c2ccnc3ccn4nccc4c23)C1. The van der Waals surface area contributed by atoms with Gasteiger partial charge in [-0.05, 0) is 31.0 Å². The molecule has 3 aromatic rings. The summed E-state index contributed by atoms with van der Waals surface area (Å²) in [5, 5.41) is 7.18. The molecule has 1 saturated heterocycles. The number of nitrogens with zero attached hydrogens (tertiary/aromatic N) is 4. The monoisotopic (exact) mass is 377 g/mol. The summed E-state index contributed by atoms with van der Waals surface area (Å²) in [6, 6.07) is 5.65. The number of rotatable bonds is 3. The lowest BCUT2D eigenvalue weighted by atomic mass is 9.96. The third-order valence-corrected chi connectivity index (χ3v) is 4.85. The van der Waals surface area contributed by atoms with Crippen molar-refractivity contribution < 1.29 is 18.0 Å². The Bertz CT molecular complexity index is 984. The quantitative estimate of drug-likeness (QED) is 0.763. The van der Waals surface area contributed by atoms with Crippen LogP contribution in [0, 0.1) is 5.92 Å². The molecule has 1 amide bonds. The van der Waals surface area contributed by atoms with Gasteiger partial charge < -0.3 is 10.2 Å². The van der Waals surface area contributed by atoms with E-state index >= 15 is 0 Å². The first-order chi connectivity index (χ1) is 12.9. The molecule has 1 atom stereocenters. The number of amides is 1. The van der Waals surface area contributed by atoms with Gasteiger partial charge in [-0.3, -0.25) is 9.78 Å². The van der Waals surface area contributed by atoms with Gasteiger partial charge in [-0.15, -0.1) is 0 Å². The molecule has 1 fully saturated rings. The molecule has 9 heteroatoms. The maximum Gasteiger partial charge on any atom is 0.405 e. The van der Waals surface area contributed by atoms with E-state index in [1.807, 2.05) is 29.7 Å². The number of carbonyl (C=O) groups is 1. The number of halogens is 3. The number of alkyl halides is 3. The molecular formula is C18H18F3N5O. The van der Waals surface area contributed by atoms with Crippen molar-refractivity contribution in [1.82, 2.24) is 19.9 Å². The summed E-state index contributed by atoms with van der Waals surface area (Å²) < 4.78 is 38.9. The van der Waals surface area contributed by atoms with Crippen molar-refractivity contribution >= 4 is 28.0 Å². The van der Waals surface area contributed by atoms with Crippen LogP contribution in [0.5, 0.6) is 0 Å². The highest BCUT2D eigenvalue weighted by Crippen LogP contribution is 2.32. The standard InChI is InChI=1S/C18H18F3N5O/c19-18(20,21)11-23-17(27)12-2-1-8-25(10-12)14-3-6-22-13-5-9-26-15(16(13)14)4-7-24-26/h3-7,9,12H,1-2,8,10-11H2,(H,23,27). The summed E-state index contributed by atoms with van der Waals surface area (Å²) >= 11 is 0. The van der Waals surface area contributed by atoms with Gasteiger partial charge in [0.25, 0.3) is 0 Å². The summed E-state index contributed by atoms with van der Waals surface area (Å²) in [4.78, 5) is 18.7. The molecule has 1 aliphatic rings. The minimum Gasteiger partial charge on any atom is -0.370 e. The fourth-order valence-corrected chi connectivity index (χ4v) is 3.63. The smallest absolute Gasteiger partial charge is 0.370 e. The van der Waals surface area contributed by atoms with E-state index in [2.05, 4.69) is 15.0 Å². The first-order valence-electron chi connectivity index (χ1n) is 8.73. The van der Waals surface area contributed by atoms with Crippen LogP contribution in [0.3, 0.4) is 0 Å². The normalized spacial score (nSPS) is 18.2. The van der Waals surface area contributed by atoms with E-state index in [4.69, 9.17) is 0 Å². The lowest BCUT2D eigenvalue weighted by Gasteiger charge is -2.34. The van der Waals surface area contributed by atoms with Crippen LogP contribution < -0.4 is 10.2 Å². The molecule has 3 aromatic heterocycles. The second-order valence-electron chi connectivity index (χ2n) is 6.69. The van der Waals surface area contributed by atoms with E-state index < -0.39 is 24.5 Å². The van der Waals surface area contributed by atoms with Crippen LogP contribution >= 0.6 is 0 Å². The average molecular weight is 377 g/mol. The number of fused-ring (bicyclic) bond motifs is 3. The van der Waals surface area contributed by atoms with Crippen molar-refractivity contribution in [3.63, 3.8) is 0 Å². The van der Waals surface area contributed by atoms with Gasteiger partial charge in [0, 0.05) is 36.6 Å². The van der Waals surface area contributed by atoms with Crippen molar-refractivity contribution in [3.05, 3.63) is 36.8 Å². The highest BCUT2D eigenvalue weighted by Gasteiger charge is 2.31. The van der Waals surface area contributed by atoms with Crippen molar-refractivity contribution in [2.45, 2.75) is 19.0 Å². The number of nitrogens with one attached hydrogen (secondary N) is 1. The van der Waals surface area contributed by atoms with Crippen LogP contribution in [0.15, 0.2) is 36.8 Å². The van der Waals surface area contributed by atoms with E-state index in [9.17, 15) is 18.0 Å². The maximum absolute atomic E-state index is 12.4. The molecule has 4 heterocycles. The van der Waals surface area contributed by atoms with Crippen LogP contribution in [0.25, 0.3) is 16.4 Å². The Labute approximate surface area is 153 Å². The van der Waals surface area contributed by atoms with Crippen LogP contribution in [0.2, 0.25) is 0 Å². The van der Waals surface area contributed by atoms with Crippen molar-refractivity contribution in [2.24, 2.45) is 5.92 Å². The lowest BCUT2D eigenvalue weighted by molar-refractivity contribution is -0.140. The Kier molecular flexibility index (Phi) is 4.37. The molecule has 1 aliphatic heterocycles. The van der Waals surface area contributed by atoms with E-state index in [0.29, 0.717) is 13.0 Å². The number of aromatic nitrogens is 3. The minimum atomic E-state index is -4.40. The van der Waals surface area contributed by atoms with Gasteiger partial charge in [0.2, 0.25) is 5.91 Å². The van der Waals surface area contributed by atoms with Gasteiger partial charge in [0.15, 0.2) is 0 Å². The topological polar surface area (TPSA) is 62.5 Å². The average Bonchev–Trinajstić information content (AvgIpc) is 3.14. The first kappa shape index (κ1) is 17.6. The second kappa shape index (κ2) is 6.71. The van der Waals surface area contributed by atoms with Gasteiger partial charge >= 0.3 is 6.18 Å². The molecule has 142 valence electrons. The molecule has 0 saturated carbocycles. The minimum absolute atomic E-state index is 0.373.